The fourth-order valence-corrected chi connectivity index (χ4v) is 5.72. The van der Waals surface area contributed by atoms with Gasteiger partial charge in [0.05, 0.1) is 0 Å². The van der Waals surface area contributed by atoms with E-state index in [9.17, 15) is 19.2 Å². The quantitative estimate of drug-likeness (QED) is 0.541. The number of hydrogen-bond acceptors (Lipinski definition) is 5. The second-order valence-electron chi connectivity index (χ2n) is 8.84. The first kappa shape index (κ1) is 20.6. The zero-order chi connectivity index (χ0) is 20.1. The summed E-state index contributed by atoms with van der Waals surface area (Å²) in [6.45, 7) is 1.53. The maximum Gasteiger partial charge on any atom is 0.325 e. The second kappa shape index (κ2) is 8.92. The molecule has 0 aliphatic heterocycles. The second-order valence-corrected chi connectivity index (χ2v) is 8.84. The van der Waals surface area contributed by atoms with E-state index in [1.165, 1.54) is 19.3 Å². The van der Waals surface area contributed by atoms with E-state index < -0.39 is 24.5 Å². The van der Waals surface area contributed by atoms with Gasteiger partial charge in [0.15, 0.2) is 6.61 Å². The molecule has 3 N–H and O–H groups in total. The molecule has 4 aliphatic rings. The summed E-state index contributed by atoms with van der Waals surface area (Å²) in [4.78, 5) is 47.0. The van der Waals surface area contributed by atoms with Gasteiger partial charge in [0.2, 0.25) is 5.91 Å². The third kappa shape index (κ3) is 5.45. The molecule has 0 atom stereocenters. The van der Waals surface area contributed by atoms with Crippen LogP contribution in [-0.4, -0.2) is 43.5 Å². The van der Waals surface area contributed by atoms with Crippen molar-refractivity contribution in [3.63, 3.8) is 0 Å². The highest BCUT2D eigenvalue weighted by Crippen LogP contribution is 2.61. The molecule has 0 radical (unpaired) electrons. The molecule has 4 amide bonds. The first-order valence-corrected chi connectivity index (χ1v) is 10.4. The van der Waals surface area contributed by atoms with Crippen molar-refractivity contribution in [2.24, 2.45) is 23.2 Å². The number of hydrogen-bond donors (Lipinski definition) is 3. The summed E-state index contributed by atoms with van der Waals surface area (Å²) < 4.78 is 4.81. The molecule has 8 nitrogen and oxygen atoms in total. The number of rotatable bonds is 8. The summed E-state index contributed by atoms with van der Waals surface area (Å²) in [7, 11) is 0. The van der Waals surface area contributed by atoms with Crippen molar-refractivity contribution in [2.45, 2.75) is 58.3 Å². The number of ether oxygens (including phenoxy) is 1. The predicted octanol–water partition coefficient (Wildman–Crippen LogP) is 1.49. The van der Waals surface area contributed by atoms with Gasteiger partial charge < -0.3 is 15.4 Å². The van der Waals surface area contributed by atoms with E-state index in [1.54, 1.807) is 0 Å². The number of urea groups is 1. The van der Waals surface area contributed by atoms with E-state index in [0.29, 0.717) is 13.0 Å². The summed E-state index contributed by atoms with van der Waals surface area (Å²) in [6, 6.07) is -0.619. The summed E-state index contributed by atoms with van der Waals surface area (Å²) in [5, 5.41) is 7.18. The largest absolute Gasteiger partial charge is 0.454 e. The van der Waals surface area contributed by atoms with E-state index in [0.717, 1.165) is 43.4 Å². The monoisotopic (exact) mass is 393 g/mol. The fraction of sp³-hybridized carbons (Fsp3) is 0.800. The van der Waals surface area contributed by atoms with Crippen LogP contribution in [0.1, 0.15) is 58.3 Å². The Balaban J connectivity index is 1.33. The van der Waals surface area contributed by atoms with Crippen molar-refractivity contribution in [1.82, 2.24) is 16.0 Å². The Morgan fingerprint density at radius 2 is 1.54 bits per heavy atom. The molecular weight excluding hydrogens is 362 g/mol. The minimum Gasteiger partial charge on any atom is -0.454 e. The third-order valence-corrected chi connectivity index (χ3v) is 6.28. The van der Waals surface area contributed by atoms with Crippen molar-refractivity contribution < 1.29 is 23.9 Å². The molecule has 0 saturated heterocycles. The van der Waals surface area contributed by atoms with E-state index in [-0.39, 0.29) is 17.9 Å². The minimum absolute atomic E-state index is 0.120. The van der Waals surface area contributed by atoms with Gasteiger partial charge in [-0.1, -0.05) is 6.92 Å². The lowest BCUT2D eigenvalue weighted by atomic mass is 9.49. The van der Waals surface area contributed by atoms with Crippen LogP contribution in [0.3, 0.4) is 0 Å². The van der Waals surface area contributed by atoms with Crippen LogP contribution in [0, 0.1) is 23.2 Å². The maximum atomic E-state index is 12.4. The van der Waals surface area contributed by atoms with E-state index >= 15 is 0 Å². The third-order valence-electron chi connectivity index (χ3n) is 6.28. The van der Waals surface area contributed by atoms with Crippen molar-refractivity contribution in [3.8, 4) is 0 Å². The molecule has 28 heavy (non-hydrogen) atoms. The minimum atomic E-state index is -0.707. The average molecular weight is 393 g/mol. The van der Waals surface area contributed by atoms with E-state index in [1.807, 2.05) is 6.92 Å². The molecule has 0 unspecified atom stereocenters. The SMILES string of the molecule is CCCNC(=O)NC(=O)COC(=O)CNC(=O)CC12CC3CC(CC(C3)C1)C2. The van der Waals surface area contributed by atoms with Crippen LogP contribution < -0.4 is 16.0 Å². The lowest BCUT2D eigenvalue weighted by molar-refractivity contribution is -0.148. The number of carbonyl (C=O) groups excluding carboxylic acids is 4. The van der Waals surface area contributed by atoms with Gasteiger partial charge in [0.25, 0.3) is 5.91 Å². The highest BCUT2D eigenvalue weighted by Gasteiger charge is 2.51. The molecule has 0 heterocycles. The molecule has 4 rings (SSSR count). The highest BCUT2D eigenvalue weighted by atomic mass is 16.5. The fourth-order valence-electron chi connectivity index (χ4n) is 5.72. The Bertz CT molecular complexity index is 598. The predicted molar refractivity (Wildman–Crippen MR) is 101 cm³/mol. The Morgan fingerprint density at radius 3 is 2.11 bits per heavy atom. The number of amides is 4. The Morgan fingerprint density at radius 1 is 0.929 bits per heavy atom. The standard InChI is InChI=1S/C20H31N3O5/c1-2-3-21-19(27)23-17(25)12-28-18(26)11-22-16(24)10-20-7-13-4-14(8-20)6-15(5-13)9-20/h13-15H,2-12H2,1H3,(H,22,24)(H2,21,23,25,27). The van der Waals surface area contributed by atoms with Crippen LogP contribution in [0.15, 0.2) is 0 Å². The van der Waals surface area contributed by atoms with Gasteiger partial charge in [-0.15, -0.1) is 0 Å². The van der Waals surface area contributed by atoms with Crippen LogP contribution in [0.2, 0.25) is 0 Å². The lowest BCUT2D eigenvalue weighted by Gasteiger charge is -2.56. The number of imide groups is 1. The van der Waals surface area contributed by atoms with E-state index in [4.69, 9.17) is 4.74 Å². The molecule has 0 aromatic carbocycles. The van der Waals surface area contributed by atoms with Crippen LogP contribution in [0.4, 0.5) is 4.79 Å². The van der Waals surface area contributed by atoms with Gasteiger partial charge in [-0.05, 0) is 68.1 Å². The Hall–Kier alpha value is -2.12. The zero-order valence-corrected chi connectivity index (χ0v) is 16.6. The lowest BCUT2D eigenvalue weighted by Crippen LogP contribution is -2.48. The van der Waals surface area contributed by atoms with Gasteiger partial charge in [-0.3, -0.25) is 19.7 Å². The van der Waals surface area contributed by atoms with Gasteiger partial charge in [0.1, 0.15) is 6.54 Å². The smallest absolute Gasteiger partial charge is 0.325 e. The summed E-state index contributed by atoms with van der Waals surface area (Å²) >= 11 is 0. The Kier molecular flexibility index (Phi) is 6.57. The number of carbonyl (C=O) groups is 4. The van der Waals surface area contributed by atoms with Gasteiger partial charge >= 0.3 is 12.0 Å². The molecule has 4 fully saturated rings. The molecular formula is C20H31N3O5. The van der Waals surface area contributed by atoms with Crippen LogP contribution >= 0.6 is 0 Å². The maximum absolute atomic E-state index is 12.4. The van der Waals surface area contributed by atoms with Crippen LogP contribution in [0.25, 0.3) is 0 Å². The van der Waals surface area contributed by atoms with Gasteiger partial charge in [-0.25, -0.2) is 4.79 Å². The zero-order valence-electron chi connectivity index (χ0n) is 16.6. The summed E-state index contributed by atoms with van der Waals surface area (Å²) in [5.74, 6) is 0.804. The molecule has 0 spiro atoms. The molecule has 8 heteroatoms. The molecule has 4 bridgehead atoms. The summed E-state index contributed by atoms with van der Waals surface area (Å²) in [5.41, 5.74) is 0.120. The van der Waals surface area contributed by atoms with Crippen LogP contribution in [0.5, 0.6) is 0 Å². The number of nitrogens with one attached hydrogen (secondary N) is 3. The van der Waals surface area contributed by atoms with Crippen LogP contribution in [-0.2, 0) is 19.1 Å². The van der Waals surface area contributed by atoms with Crippen molar-refractivity contribution >= 4 is 23.8 Å². The number of esters is 1. The molecule has 4 saturated carbocycles. The topological polar surface area (TPSA) is 114 Å². The Labute approximate surface area is 165 Å². The summed E-state index contributed by atoms with van der Waals surface area (Å²) in [6.07, 6.45) is 8.61. The van der Waals surface area contributed by atoms with Crippen molar-refractivity contribution in [3.05, 3.63) is 0 Å². The molecule has 156 valence electrons. The first-order chi connectivity index (χ1) is 13.4. The normalized spacial score (nSPS) is 29.8. The molecule has 0 aromatic heterocycles. The van der Waals surface area contributed by atoms with Crippen molar-refractivity contribution in [1.29, 1.82) is 0 Å². The molecule has 4 aliphatic carbocycles. The van der Waals surface area contributed by atoms with E-state index in [2.05, 4.69) is 16.0 Å². The average Bonchev–Trinajstić information content (AvgIpc) is 2.61. The van der Waals surface area contributed by atoms with Gasteiger partial charge in [0, 0.05) is 13.0 Å². The highest BCUT2D eigenvalue weighted by molar-refractivity contribution is 5.95. The van der Waals surface area contributed by atoms with Gasteiger partial charge in [-0.2, -0.15) is 0 Å². The first-order valence-electron chi connectivity index (χ1n) is 10.4. The van der Waals surface area contributed by atoms with Crippen molar-refractivity contribution in [2.75, 3.05) is 19.7 Å². The molecule has 0 aromatic rings.